The minimum Gasteiger partial charge on any atom is -0.348 e. The Hall–Kier alpha value is -1.98. The molecule has 5 heteroatoms. The molecule has 0 saturated carbocycles. The summed E-state index contributed by atoms with van der Waals surface area (Å²) in [6.45, 7) is 1.44. The molecular formula is C18H19N3OS. The van der Waals surface area contributed by atoms with Crippen LogP contribution in [0.1, 0.15) is 34.4 Å². The molecule has 0 unspecified atom stereocenters. The molecule has 1 saturated heterocycles. The number of hydrogen-bond donors (Lipinski definition) is 0. The largest absolute Gasteiger partial charge is 0.348 e. The fourth-order valence-electron chi connectivity index (χ4n) is 3.34. The van der Waals surface area contributed by atoms with E-state index in [4.69, 9.17) is 4.98 Å². The molecule has 1 aliphatic rings. The number of nitrogens with zero attached hydrogens (tertiary/aromatic N) is 3. The molecule has 0 N–H and O–H groups in total. The first kappa shape index (κ1) is 14.6. The number of aromatic nitrogens is 2. The van der Waals surface area contributed by atoms with Gasteiger partial charge in [0, 0.05) is 13.2 Å². The van der Waals surface area contributed by atoms with Gasteiger partial charge in [0.1, 0.15) is 5.01 Å². The monoisotopic (exact) mass is 325 g/mol. The highest BCUT2D eigenvalue weighted by Crippen LogP contribution is 2.36. The van der Waals surface area contributed by atoms with Crippen molar-refractivity contribution in [2.24, 2.45) is 7.05 Å². The number of rotatable bonds is 4. The molecule has 0 radical (unpaired) electrons. The maximum atomic E-state index is 12.6. The molecule has 0 spiro atoms. The maximum absolute atomic E-state index is 12.6. The topological polar surface area (TPSA) is 38.1 Å². The van der Waals surface area contributed by atoms with Gasteiger partial charge in [-0.05, 0) is 43.7 Å². The van der Waals surface area contributed by atoms with E-state index in [-0.39, 0.29) is 11.8 Å². The second kappa shape index (κ2) is 5.91. The maximum Gasteiger partial charge on any atom is 0.193 e. The van der Waals surface area contributed by atoms with Gasteiger partial charge >= 0.3 is 0 Å². The summed E-state index contributed by atoms with van der Waals surface area (Å²) in [5.74, 6) is 0.186. The van der Waals surface area contributed by atoms with Crippen LogP contribution in [0.3, 0.4) is 0 Å². The molecule has 0 amide bonds. The lowest BCUT2D eigenvalue weighted by Crippen LogP contribution is -2.30. The van der Waals surface area contributed by atoms with E-state index in [1.807, 2.05) is 36.0 Å². The van der Waals surface area contributed by atoms with Crippen LogP contribution in [0.2, 0.25) is 0 Å². The summed E-state index contributed by atoms with van der Waals surface area (Å²) in [5, 5.41) is 1.14. The van der Waals surface area contributed by atoms with Crippen molar-refractivity contribution >= 4 is 27.3 Å². The number of thiazole rings is 1. The van der Waals surface area contributed by atoms with E-state index in [2.05, 4.69) is 23.1 Å². The number of carbonyl (C=O) groups excluding carboxylic acids is 1. The lowest BCUT2D eigenvalue weighted by Gasteiger charge is -2.21. The zero-order chi connectivity index (χ0) is 15.8. The van der Waals surface area contributed by atoms with Crippen molar-refractivity contribution in [3.8, 4) is 0 Å². The Morgan fingerprint density at radius 2 is 2.17 bits per heavy atom. The predicted molar refractivity (Wildman–Crippen MR) is 92.9 cm³/mol. The Labute approximate surface area is 139 Å². The molecule has 1 fully saturated rings. The molecule has 1 aromatic carbocycles. The zero-order valence-corrected chi connectivity index (χ0v) is 13.9. The van der Waals surface area contributed by atoms with E-state index in [1.54, 1.807) is 11.3 Å². The van der Waals surface area contributed by atoms with Crippen LogP contribution in [0.4, 0.5) is 0 Å². The molecule has 3 aromatic rings. The molecule has 118 valence electrons. The van der Waals surface area contributed by atoms with E-state index >= 15 is 0 Å². The second-order valence-electron chi connectivity index (χ2n) is 6.08. The highest BCUT2D eigenvalue weighted by molar-refractivity contribution is 7.18. The Morgan fingerprint density at radius 1 is 1.30 bits per heavy atom. The summed E-state index contributed by atoms with van der Waals surface area (Å²) in [4.78, 5) is 19.6. The van der Waals surface area contributed by atoms with Crippen LogP contribution < -0.4 is 0 Å². The molecule has 1 atom stereocenters. The van der Waals surface area contributed by atoms with Crippen LogP contribution in [0.25, 0.3) is 10.2 Å². The van der Waals surface area contributed by atoms with Crippen LogP contribution in [0.15, 0.2) is 42.6 Å². The van der Waals surface area contributed by atoms with Crippen molar-refractivity contribution in [3.63, 3.8) is 0 Å². The second-order valence-corrected chi connectivity index (χ2v) is 7.14. The van der Waals surface area contributed by atoms with Crippen molar-refractivity contribution < 1.29 is 4.79 Å². The Balaban J connectivity index is 1.57. The van der Waals surface area contributed by atoms with Crippen LogP contribution in [-0.4, -0.2) is 33.3 Å². The van der Waals surface area contributed by atoms with Gasteiger partial charge in [0.05, 0.1) is 28.5 Å². The molecule has 0 bridgehead atoms. The molecule has 4 nitrogen and oxygen atoms in total. The lowest BCUT2D eigenvalue weighted by molar-refractivity contribution is 0.0913. The van der Waals surface area contributed by atoms with Gasteiger partial charge in [-0.2, -0.15) is 0 Å². The van der Waals surface area contributed by atoms with Crippen molar-refractivity contribution in [2.75, 3.05) is 13.1 Å². The number of likely N-dealkylation sites (tertiary alicyclic amines) is 1. The fraction of sp³-hybridized carbons (Fsp3) is 0.333. The average molecular weight is 325 g/mol. The predicted octanol–water partition coefficient (Wildman–Crippen LogP) is 3.65. The van der Waals surface area contributed by atoms with Gasteiger partial charge in [0.2, 0.25) is 0 Å². The quantitative estimate of drug-likeness (QED) is 0.687. The first-order valence-electron chi connectivity index (χ1n) is 7.96. The van der Waals surface area contributed by atoms with Gasteiger partial charge in [-0.1, -0.05) is 12.1 Å². The van der Waals surface area contributed by atoms with E-state index in [0.717, 1.165) is 35.6 Å². The third kappa shape index (κ3) is 2.71. The summed E-state index contributed by atoms with van der Waals surface area (Å²) >= 11 is 1.76. The van der Waals surface area contributed by atoms with Gasteiger partial charge in [-0.3, -0.25) is 9.69 Å². The number of benzene rings is 1. The molecule has 0 aliphatic carbocycles. The van der Waals surface area contributed by atoms with Crippen molar-refractivity contribution in [1.82, 2.24) is 14.5 Å². The van der Waals surface area contributed by atoms with E-state index in [9.17, 15) is 4.79 Å². The molecular weight excluding hydrogens is 306 g/mol. The fourth-order valence-corrected chi connectivity index (χ4v) is 4.48. The standard InChI is InChI=1S/C18H19N3OS/c1-20-10-4-7-14(20)16(22)12-21-11-5-8-15(21)18-19-13-6-2-3-9-17(13)23-18/h2-4,6-7,9-10,15H,5,8,11-12H2,1H3/t15-/m0/s1. The van der Waals surface area contributed by atoms with Crippen LogP contribution >= 0.6 is 11.3 Å². The van der Waals surface area contributed by atoms with Gasteiger partial charge in [-0.25, -0.2) is 4.98 Å². The number of Topliss-reactive ketones (excluding diaryl/α,β-unsaturated/α-hetero) is 1. The normalized spacial score (nSPS) is 18.7. The van der Waals surface area contributed by atoms with Crippen molar-refractivity contribution in [2.45, 2.75) is 18.9 Å². The van der Waals surface area contributed by atoms with Gasteiger partial charge in [0.15, 0.2) is 5.78 Å². The molecule has 23 heavy (non-hydrogen) atoms. The highest BCUT2D eigenvalue weighted by atomic mass is 32.1. The van der Waals surface area contributed by atoms with Gasteiger partial charge in [0.25, 0.3) is 0 Å². The smallest absolute Gasteiger partial charge is 0.193 e. The van der Waals surface area contributed by atoms with Crippen molar-refractivity contribution in [1.29, 1.82) is 0 Å². The van der Waals surface area contributed by atoms with E-state index < -0.39 is 0 Å². The summed E-state index contributed by atoms with van der Waals surface area (Å²) in [6.07, 6.45) is 4.13. The van der Waals surface area contributed by atoms with Gasteiger partial charge < -0.3 is 4.57 Å². The number of hydrogen-bond acceptors (Lipinski definition) is 4. The third-order valence-electron chi connectivity index (χ3n) is 4.54. The number of aryl methyl sites for hydroxylation is 1. The van der Waals surface area contributed by atoms with Crippen molar-refractivity contribution in [3.05, 3.63) is 53.3 Å². The Morgan fingerprint density at radius 3 is 2.96 bits per heavy atom. The summed E-state index contributed by atoms with van der Waals surface area (Å²) < 4.78 is 3.12. The summed E-state index contributed by atoms with van der Waals surface area (Å²) in [5.41, 5.74) is 1.84. The number of fused-ring (bicyclic) bond motifs is 1. The highest BCUT2D eigenvalue weighted by Gasteiger charge is 2.30. The SMILES string of the molecule is Cn1cccc1C(=O)CN1CCC[C@H]1c1nc2ccccc2s1. The first-order chi connectivity index (χ1) is 11.2. The average Bonchev–Trinajstić information content (AvgIpc) is 3.24. The van der Waals surface area contributed by atoms with Crippen LogP contribution in [0, 0.1) is 0 Å². The van der Waals surface area contributed by atoms with Gasteiger partial charge in [-0.15, -0.1) is 11.3 Å². The minimum absolute atomic E-state index is 0.186. The molecule has 3 heterocycles. The van der Waals surface area contributed by atoms with Crippen LogP contribution in [0.5, 0.6) is 0 Å². The summed E-state index contributed by atoms with van der Waals surface area (Å²) in [7, 11) is 1.92. The number of ketones is 1. The number of para-hydroxylation sites is 1. The molecule has 2 aromatic heterocycles. The number of carbonyl (C=O) groups is 1. The van der Waals surface area contributed by atoms with Crippen LogP contribution in [-0.2, 0) is 7.05 Å². The Kier molecular flexibility index (Phi) is 3.75. The molecule has 1 aliphatic heterocycles. The minimum atomic E-state index is 0.186. The lowest BCUT2D eigenvalue weighted by atomic mass is 10.2. The third-order valence-corrected chi connectivity index (χ3v) is 5.67. The zero-order valence-electron chi connectivity index (χ0n) is 13.1. The summed E-state index contributed by atoms with van der Waals surface area (Å²) in [6, 6.07) is 12.3. The molecule has 4 rings (SSSR count). The Bertz CT molecular complexity index is 818. The van der Waals surface area contributed by atoms with E-state index in [1.165, 1.54) is 4.70 Å². The first-order valence-corrected chi connectivity index (χ1v) is 8.78. The van der Waals surface area contributed by atoms with E-state index in [0.29, 0.717) is 6.54 Å².